The Bertz CT molecular complexity index is 1010. The van der Waals surface area contributed by atoms with Crippen LogP contribution in [-0.4, -0.2) is 51.7 Å². The Balaban J connectivity index is 1.67. The molecular weight excluding hydrogens is 454 g/mol. The van der Waals surface area contributed by atoms with Crippen LogP contribution in [0.2, 0.25) is 0 Å². The van der Waals surface area contributed by atoms with E-state index in [9.17, 15) is 14.4 Å². The maximum Gasteiger partial charge on any atom is 0.410 e. The Kier molecular flexibility index (Phi) is 6.16. The lowest BCUT2D eigenvalue weighted by Crippen LogP contribution is -2.53. The van der Waals surface area contributed by atoms with Crippen LogP contribution >= 0.6 is 15.9 Å². The summed E-state index contributed by atoms with van der Waals surface area (Å²) in [5.74, 6) is 0.268. The minimum Gasteiger partial charge on any atom is -0.444 e. The number of aryl methyl sites for hydroxylation is 1. The van der Waals surface area contributed by atoms with Gasteiger partial charge < -0.3 is 19.5 Å². The number of anilines is 3. The lowest BCUT2D eigenvalue weighted by Gasteiger charge is -2.35. The summed E-state index contributed by atoms with van der Waals surface area (Å²) in [5.41, 5.74) is 0.211. The van der Waals surface area contributed by atoms with Crippen molar-refractivity contribution in [1.82, 2.24) is 14.5 Å². The Morgan fingerprint density at radius 2 is 1.97 bits per heavy atom. The molecule has 1 aliphatic rings. The van der Waals surface area contributed by atoms with E-state index in [2.05, 4.69) is 26.2 Å². The van der Waals surface area contributed by atoms with Crippen LogP contribution in [0.3, 0.4) is 0 Å². The first-order valence-corrected chi connectivity index (χ1v) is 10.2. The largest absolute Gasteiger partial charge is 0.444 e. The SMILES string of the molecule is Cn1cc(Br)cc(Nc2ccc(N3CCN(C(=O)OC(C)(C)C)CC3=O)cn2)c1=O. The summed E-state index contributed by atoms with van der Waals surface area (Å²) < 4.78 is 7.55. The molecule has 0 atom stereocenters. The number of amides is 2. The number of rotatable bonds is 3. The van der Waals surface area contributed by atoms with Gasteiger partial charge in [-0.25, -0.2) is 9.78 Å². The number of piperazine rings is 1. The van der Waals surface area contributed by atoms with Crippen LogP contribution in [0.15, 0.2) is 39.9 Å². The highest BCUT2D eigenvalue weighted by Gasteiger charge is 2.31. The van der Waals surface area contributed by atoms with Gasteiger partial charge in [-0.3, -0.25) is 14.5 Å². The topological polar surface area (TPSA) is 96.8 Å². The summed E-state index contributed by atoms with van der Waals surface area (Å²) in [5, 5.41) is 2.99. The van der Waals surface area contributed by atoms with Crippen molar-refractivity contribution in [3.8, 4) is 0 Å². The van der Waals surface area contributed by atoms with Gasteiger partial charge in [0.1, 0.15) is 23.7 Å². The second-order valence-electron chi connectivity index (χ2n) is 7.96. The Hall–Kier alpha value is -2.88. The van der Waals surface area contributed by atoms with Crippen molar-refractivity contribution in [2.75, 3.05) is 29.9 Å². The highest BCUT2D eigenvalue weighted by atomic mass is 79.9. The minimum absolute atomic E-state index is 0.0526. The van der Waals surface area contributed by atoms with Crippen molar-refractivity contribution in [1.29, 1.82) is 0 Å². The Labute approximate surface area is 182 Å². The number of aromatic nitrogens is 2. The number of carbonyl (C=O) groups is 2. The lowest BCUT2D eigenvalue weighted by molar-refractivity contribution is -0.121. The molecule has 0 radical (unpaired) electrons. The Morgan fingerprint density at radius 3 is 2.57 bits per heavy atom. The van der Waals surface area contributed by atoms with Gasteiger partial charge in [-0.05, 0) is 54.9 Å². The molecule has 2 aromatic heterocycles. The first-order valence-electron chi connectivity index (χ1n) is 9.41. The molecule has 1 N–H and O–H groups in total. The maximum atomic E-state index is 12.6. The second kappa shape index (κ2) is 8.47. The molecule has 1 saturated heterocycles. The van der Waals surface area contributed by atoms with Gasteiger partial charge in [0.2, 0.25) is 5.91 Å². The minimum atomic E-state index is -0.612. The zero-order valence-corrected chi connectivity index (χ0v) is 18.9. The van der Waals surface area contributed by atoms with Gasteiger partial charge in [-0.2, -0.15) is 0 Å². The van der Waals surface area contributed by atoms with Crippen molar-refractivity contribution in [2.45, 2.75) is 26.4 Å². The molecule has 0 spiro atoms. The van der Waals surface area contributed by atoms with Crippen LogP contribution in [0.1, 0.15) is 20.8 Å². The van der Waals surface area contributed by atoms with Crippen LogP contribution in [0.25, 0.3) is 0 Å². The van der Waals surface area contributed by atoms with Crippen LogP contribution < -0.4 is 15.8 Å². The van der Waals surface area contributed by atoms with E-state index in [1.54, 1.807) is 63.3 Å². The molecule has 2 aromatic rings. The van der Waals surface area contributed by atoms with Crippen molar-refractivity contribution in [3.05, 3.63) is 45.4 Å². The predicted molar refractivity (Wildman–Crippen MR) is 117 cm³/mol. The average Bonchev–Trinajstić information content (AvgIpc) is 2.65. The number of hydrogen-bond acceptors (Lipinski definition) is 6. The van der Waals surface area contributed by atoms with Gasteiger partial charge in [0.15, 0.2) is 0 Å². The fourth-order valence-corrected chi connectivity index (χ4v) is 3.48. The van der Waals surface area contributed by atoms with E-state index in [-0.39, 0.29) is 18.0 Å². The van der Waals surface area contributed by atoms with Crippen LogP contribution in [-0.2, 0) is 16.6 Å². The third-order valence-corrected chi connectivity index (χ3v) is 4.78. The number of halogens is 1. The molecule has 0 saturated carbocycles. The van der Waals surface area contributed by atoms with Crippen molar-refractivity contribution >= 4 is 45.1 Å². The van der Waals surface area contributed by atoms with E-state index >= 15 is 0 Å². The monoisotopic (exact) mass is 477 g/mol. The van der Waals surface area contributed by atoms with E-state index in [1.807, 2.05) is 0 Å². The highest BCUT2D eigenvalue weighted by molar-refractivity contribution is 9.10. The Morgan fingerprint density at radius 1 is 1.23 bits per heavy atom. The van der Waals surface area contributed by atoms with Crippen LogP contribution in [0.5, 0.6) is 0 Å². The first kappa shape index (κ1) is 21.8. The van der Waals surface area contributed by atoms with Crippen molar-refractivity contribution < 1.29 is 14.3 Å². The highest BCUT2D eigenvalue weighted by Crippen LogP contribution is 2.21. The van der Waals surface area contributed by atoms with Crippen LogP contribution in [0.4, 0.5) is 22.0 Å². The molecule has 9 nitrogen and oxygen atoms in total. The van der Waals surface area contributed by atoms with Crippen molar-refractivity contribution in [2.24, 2.45) is 7.05 Å². The van der Waals surface area contributed by atoms with Gasteiger partial charge in [-0.15, -0.1) is 0 Å². The summed E-state index contributed by atoms with van der Waals surface area (Å²) in [7, 11) is 1.66. The molecular formula is C20H24BrN5O4. The number of ether oxygens (including phenoxy) is 1. The molecule has 3 heterocycles. The smallest absolute Gasteiger partial charge is 0.410 e. The fourth-order valence-electron chi connectivity index (χ4n) is 2.95. The molecule has 0 bridgehead atoms. The van der Waals surface area contributed by atoms with E-state index < -0.39 is 11.7 Å². The molecule has 2 amide bonds. The second-order valence-corrected chi connectivity index (χ2v) is 8.88. The zero-order chi connectivity index (χ0) is 22.1. The van der Waals surface area contributed by atoms with E-state index in [1.165, 1.54) is 9.47 Å². The molecule has 3 rings (SSSR count). The van der Waals surface area contributed by atoms with Crippen molar-refractivity contribution in [3.63, 3.8) is 0 Å². The molecule has 0 aromatic carbocycles. The summed E-state index contributed by atoms with van der Waals surface area (Å²) >= 11 is 3.36. The molecule has 10 heteroatoms. The van der Waals surface area contributed by atoms with Gasteiger partial charge >= 0.3 is 6.09 Å². The van der Waals surface area contributed by atoms with E-state index in [0.29, 0.717) is 30.3 Å². The van der Waals surface area contributed by atoms with Gasteiger partial charge in [-0.1, -0.05) is 0 Å². The number of carbonyl (C=O) groups excluding carboxylic acids is 2. The number of nitrogens with one attached hydrogen (secondary N) is 1. The van der Waals surface area contributed by atoms with E-state index in [0.717, 1.165) is 4.47 Å². The predicted octanol–water partition coefficient (Wildman–Crippen LogP) is 2.87. The zero-order valence-electron chi connectivity index (χ0n) is 17.3. The summed E-state index contributed by atoms with van der Waals surface area (Å²) in [4.78, 5) is 44.2. The number of pyridine rings is 2. The summed E-state index contributed by atoms with van der Waals surface area (Å²) in [6.07, 6.45) is 2.74. The molecule has 1 fully saturated rings. The van der Waals surface area contributed by atoms with Crippen LogP contribution in [0, 0.1) is 0 Å². The standard InChI is InChI=1S/C20H24BrN5O4/c1-20(2,3)30-19(29)25-7-8-26(17(27)12-25)14-5-6-16(22-10-14)23-15-9-13(21)11-24(4)18(15)28/h5-6,9-11H,7-8,12H2,1-4H3,(H,22,23). The third-order valence-electron chi connectivity index (χ3n) is 4.34. The average molecular weight is 478 g/mol. The first-order chi connectivity index (χ1) is 14.0. The van der Waals surface area contributed by atoms with Gasteiger partial charge in [0.25, 0.3) is 5.56 Å². The number of nitrogens with zero attached hydrogens (tertiary/aromatic N) is 4. The summed E-state index contributed by atoms with van der Waals surface area (Å²) in [6.45, 7) is 6.02. The molecule has 160 valence electrons. The summed E-state index contributed by atoms with van der Waals surface area (Å²) in [6, 6.07) is 5.12. The van der Waals surface area contributed by atoms with E-state index in [4.69, 9.17) is 4.74 Å². The molecule has 0 unspecified atom stereocenters. The third kappa shape index (κ3) is 5.18. The maximum absolute atomic E-state index is 12.6. The normalized spacial score (nSPS) is 14.6. The molecule has 0 aliphatic carbocycles. The quantitative estimate of drug-likeness (QED) is 0.729. The molecule has 30 heavy (non-hydrogen) atoms. The van der Waals surface area contributed by atoms with Gasteiger partial charge in [0.05, 0.1) is 11.9 Å². The number of hydrogen-bond donors (Lipinski definition) is 1. The molecule has 1 aliphatic heterocycles. The lowest BCUT2D eigenvalue weighted by atomic mass is 10.2. The fraction of sp³-hybridized carbons (Fsp3) is 0.400. The van der Waals surface area contributed by atoms with Gasteiger partial charge in [0, 0.05) is 30.8 Å².